The Labute approximate surface area is 201 Å². The number of nitrogens with zero attached hydrogens (tertiary/aromatic N) is 4. The molecule has 34 heavy (non-hydrogen) atoms. The third-order valence-corrected chi connectivity index (χ3v) is 6.90. The predicted octanol–water partition coefficient (Wildman–Crippen LogP) is 4.74. The second-order valence-corrected chi connectivity index (χ2v) is 9.23. The number of nitrogens with one attached hydrogen (secondary N) is 1. The van der Waals surface area contributed by atoms with Crippen molar-refractivity contribution in [2.45, 2.75) is 51.4 Å². The van der Waals surface area contributed by atoms with Gasteiger partial charge in [0.15, 0.2) is 0 Å². The molecule has 0 fully saturated rings. The van der Waals surface area contributed by atoms with E-state index in [0.717, 1.165) is 51.7 Å². The van der Waals surface area contributed by atoms with Crippen LogP contribution in [0.25, 0.3) is 0 Å². The highest BCUT2D eigenvalue weighted by Gasteiger charge is 2.35. The fourth-order valence-electron chi connectivity index (χ4n) is 5.19. The van der Waals surface area contributed by atoms with Crippen LogP contribution in [0.1, 0.15) is 48.5 Å². The number of hydrogen-bond acceptors (Lipinski definition) is 5. The van der Waals surface area contributed by atoms with E-state index in [9.17, 15) is 4.79 Å². The second kappa shape index (κ2) is 10.3. The van der Waals surface area contributed by atoms with Gasteiger partial charge in [0.25, 0.3) is 0 Å². The summed E-state index contributed by atoms with van der Waals surface area (Å²) in [6.45, 7) is 3.51. The number of ether oxygens (including phenoxy) is 1. The molecule has 5 rings (SSSR count). The summed E-state index contributed by atoms with van der Waals surface area (Å²) in [6.07, 6.45) is 10.9. The average molecular weight is 460 g/mol. The number of benzene rings is 2. The second-order valence-electron chi connectivity index (χ2n) is 9.23. The number of unbranched alkanes of at least 4 members (excludes halogenated alkanes) is 3. The van der Waals surface area contributed by atoms with Crippen molar-refractivity contribution in [2.24, 2.45) is 0 Å². The monoisotopic (exact) mass is 459 g/mol. The van der Waals surface area contributed by atoms with Crippen molar-refractivity contribution in [1.29, 1.82) is 0 Å². The highest BCUT2D eigenvalue weighted by Crippen LogP contribution is 2.42. The summed E-state index contributed by atoms with van der Waals surface area (Å²) >= 11 is 0. The zero-order valence-corrected chi connectivity index (χ0v) is 19.8. The Balaban J connectivity index is 1.10. The number of aryl methyl sites for hydroxylation is 1. The zero-order chi connectivity index (χ0) is 23.3. The fourth-order valence-corrected chi connectivity index (χ4v) is 5.19. The summed E-state index contributed by atoms with van der Waals surface area (Å²) in [7, 11) is 2.15. The van der Waals surface area contributed by atoms with E-state index in [1.54, 1.807) is 6.20 Å². The molecule has 0 aliphatic carbocycles. The lowest BCUT2D eigenvalue weighted by Gasteiger charge is -2.47. The van der Waals surface area contributed by atoms with E-state index in [1.807, 2.05) is 24.7 Å². The van der Waals surface area contributed by atoms with Crippen LogP contribution < -0.4 is 15.0 Å². The molecule has 1 unspecified atom stereocenters. The molecule has 1 N–H and O–H groups in total. The minimum absolute atomic E-state index is 0.257. The van der Waals surface area contributed by atoms with Crippen LogP contribution in [-0.2, 0) is 19.5 Å². The maximum atomic E-state index is 12.3. The van der Waals surface area contributed by atoms with Crippen molar-refractivity contribution < 1.29 is 9.53 Å². The number of imidazole rings is 1. The van der Waals surface area contributed by atoms with Crippen LogP contribution in [0.3, 0.4) is 0 Å². The number of amides is 1. The van der Waals surface area contributed by atoms with Crippen molar-refractivity contribution in [1.82, 2.24) is 19.8 Å². The lowest BCUT2D eigenvalue weighted by molar-refractivity contribution is 0.163. The molecule has 1 atom stereocenters. The van der Waals surface area contributed by atoms with Gasteiger partial charge in [-0.1, -0.05) is 37.1 Å². The molecular weight excluding hydrogens is 426 g/mol. The number of hydrogen-bond donors (Lipinski definition) is 1. The predicted molar refractivity (Wildman–Crippen MR) is 133 cm³/mol. The van der Waals surface area contributed by atoms with Gasteiger partial charge in [-0.15, -0.1) is 0 Å². The standard InChI is InChI=1S/C27H33N5O2/c1-30-25-11-10-23(34-27(33)29-13-6-2-3-7-15-31-17-14-28-20-31)18-22(25)19-32-16-12-21-8-4-5-9-24(21)26(30)32/h4-5,8-11,14,17-18,20,26H,2-3,6-7,12-13,15-16,19H2,1H3,(H,29,33). The van der Waals surface area contributed by atoms with Gasteiger partial charge < -0.3 is 19.5 Å². The average Bonchev–Trinajstić information content (AvgIpc) is 3.37. The van der Waals surface area contributed by atoms with Crippen molar-refractivity contribution in [3.05, 3.63) is 77.9 Å². The smallest absolute Gasteiger partial charge is 0.410 e. The molecule has 0 bridgehead atoms. The molecule has 0 saturated carbocycles. The largest absolute Gasteiger partial charge is 0.412 e. The molecule has 7 nitrogen and oxygen atoms in total. The van der Waals surface area contributed by atoms with Gasteiger partial charge in [0.2, 0.25) is 0 Å². The summed E-state index contributed by atoms with van der Waals surface area (Å²) in [5.41, 5.74) is 5.22. The van der Waals surface area contributed by atoms with Gasteiger partial charge in [-0.25, -0.2) is 9.78 Å². The van der Waals surface area contributed by atoms with E-state index in [0.29, 0.717) is 12.3 Å². The molecule has 3 heterocycles. The summed E-state index contributed by atoms with van der Waals surface area (Å²) in [4.78, 5) is 21.2. The van der Waals surface area contributed by atoms with Gasteiger partial charge in [-0.3, -0.25) is 4.90 Å². The first-order chi connectivity index (χ1) is 16.7. The highest BCUT2D eigenvalue weighted by molar-refractivity contribution is 5.71. The number of rotatable bonds is 8. The van der Waals surface area contributed by atoms with Crippen molar-refractivity contribution in [3.63, 3.8) is 0 Å². The Kier molecular flexibility index (Phi) is 6.81. The van der Waals surface area contributed by atoms with Gasteiger partial charge in [-0.2, -0.15) is 0 Å². The van der Waals surface area contributed by atoms with Crippen molar-refractivity contribution in [3.8, 4) is 5.75 Å². The van der Waals surface area contributed by atoms with Crippen molar-refractivity contribution in [2.75, 3.05) is 25.0 Å². The third-order valence-electron chi connectivity index (χ3n) is 6.90. The molecule has 7 heteroatoms. The van der Waals surface area contributed by atoms with Gasteiger partial charge in [-0.05, 0) is 54.2 Å². The number of fused-ring (bicyclic) bond motifs is 4. The number of anilines is 1. The Morgan fingerprint density at radius 2 is 2.00 bits per heavy atom. The van der Waals surface area contributed by atoms with Gasteiger partial charge >= 0.3 is 6.09 Å². The lowest BCUT2D eigenvalue weighted by atomic mass is 9.93. The third kappa shape index (κ3) is 4.94. The van der Waals surface area contributed by atoms with Gasteiger partial charge in [0.05, 0.1) is 6.33 Å². The maximum Gasteiger partial charge on any atom is 0.412 e. The topological polar surface area (TPSA) is 62.6 Å². The first kappa shape index (κ1) is 22.5. The molecule has 0 saturated heterocycles. The van der Waals surface area contributed by atoms with Crippen molar-refractivity contribution >= 4 is 11.8 Å². The minimum Gasteiger partial charge on any atom is -0.410 e. The SMILES string of the molecule is CN1c2ccc(OC(=O)NCCCCCCn3ccnc3)cc2CN2CCc3ccccc3C21. The van der Waals surface area contributed by atoms with E-state index < -0.39 is 0 Å². The molecule has 0 spiro atoms. The molecule has 1 aromatic heterocycles. The van der Waals surface area contributed by atoms with Crippen LogP contribution in [0.5, 0.6) is 5.75 Å². The Bertz CT molecular complexity index is 1110. The zero-order valence-electron chi connectivity index (χ0n) is 19.8. The van der Waals surface area contributed by atoms with E-state index >= 15 is 0 Å². The molecule has 2 aliphatic heterocycles. The van der Waals surface area contributed by atoms with E-state index in [4.69, 9.17) is 4.74 Å². The Morgan fingerprint density at radius 3 is 2.88 bits per heavy atom. The van der Waals surface area contributed by atoms with E-state index in [1.165, 1.54) is 22.4 Å². The summed E-state index contributed by atoms with van der Waals surface area (Å²) in [6, 6.07) is 14.7. The minimum atomic E-state index is -0.382. The molecule has 3 aromatic rings. The number of carbonyl (C=O) groups excluding carboxylic acids is 1. The fraction of sp³-hybridized carbons (Fsp3) is 0.407. The van der Waals surface area contributed by atoms with Crippen LogP contribution in [-0.4, -0.2) is 40.7 Å². The Hall–Kier alpha value is -3.32. The molecule has 2 aromatic carbocycles. The van der Waals surface area contributed by atoms with Crippen LogP contribution in [0.4, 0.5) is 10.5 Å². The quantitative estimate of drug-likeness (QED) is 0.493. The molecule has 2 aliphatic rings. The molecular formula is C27H33N5O2. The van der Waals surface area contributed by atoms with Crippen LogP contribution in [0, 0.1) is 0 Å². The molecule has 1 amide bonds. The number of aromatic nitrogens is 2. The number of carbonyl (C=O) groups is 1. The lowest BCUT2D eigenvalue weighted by Crippen LogP contribution is -2.47. The van der Waals surface area contributed by atoms with Gasteiger partial charge in [0.1, 0.15) is 11.9 Å². The normalized spacial score (nSPS) is 17.0. The van der Waals surface area contributed by atoms with Crippen LogP contribution in [0.15, 0.2) is 61.2 Å². The molecule has 0 radical (unpaired) electrons. The van der Waals surface area contributed by atoms with E-state index in [-0.39, 0.29) is 12.3 Å². The first-order valence-electron chi connectivity index (χ1n) is 12.3. The highest BCUT2D eigenvalue weighted by atomic mass is 16.6. The first-order valence-corrected chi connectivity index (χ1v) is 12.3. The van der Waals surface area contributed by atoms with Gasteiger partial charge in [0, 0.05) is 51.3 Å². The maximum absolute atomic E-state index is 12.3. The van der Waals surface area contributed by atoms with E-state index in [2.05, 4.69) is 62.0 Å². The molecule has 178 valence electrons. The van der Waals surface area contributed by atoms with Crippen LogP contribution in [0.2, 0.25) is 0 Å². The summed E-state index contributed by atoms with van der Waals surface area (Å²) in [5, 5.41) is 2.88. The summed E-state index contributed by atoms with van der Waals surface area (Å²) in [5.74, 6) is 0.598. The van der Waals surface area contributed by atoms with Crippen LogP contribution >= 0.6 is 0 Å². The summed E-state index contributed by atoms with van der Waals surface area (Å²) < 4.78 is 7.68. The Morgan fingerprint density at radius 1 is 1.12 bits per heavy atom.